The van der Waals surface area contributed by atoms with E-state index in [4.69, 9.17) is 4.42 Å². The third-order valence-corrected chi connectivity index (χ3v) is 2.96. The van der Waals surface area contributed by atoms with Gasteiger partial charge in [0, 0.05) is 18.8 Å². The van der Waals surface area contributed by atoms with Crippen LogP contribution in [0.4, 0.5) is 0 Å². The van der Waals surface area contributed by atoms with E-state index in [1.807, 2.05) is 0 Å². The normalized spacial score (nSPS) is 13.0. The Kier molecular flexibility index (Phi) is 4.15. The molecule has 2 heterocycles. The second kappa shape index (κ2) is 5.82. The summed E-state index contributed by atoms with van der Waals surface area (Å²) >= 11 is 0. The molecule has 5 nitrogen and oxygen atoms in total. The molecule has 18 heavy (non-hydrogen) atoms. The first-order valence-electron chi connectivity index (χ1n) is 6.44. The molecule has 0 saturated carbocycles. The van der Waals surface area contributed by atoms with Crippen LogP contribution in [0.15, 0.2) is 27.5 Å². The lowest BCUT2D eigenvalue weighted by Crippen LogP contribution is -2.35. The number of aromatic nitrogens is 2. The van der Waals surface area contributed by atoms with Crippen molar-refractivity contribution in [2.45, 2.75) is 39.3 Å². The van der Waals surface area contributed by atoms with Crippen molar-refractivity contribution in [3.05, 3.63) is 28.9 Å². The molecule has 0 fully saturated rings. The molecule has 98 valence electrons. The minimum absolute atomic E-state index is 0.278. The maximum atomic E-state index is 11.8. The van der Waals surface area contributed by atoms with Gasteiger partial charge in [-0.25, -0.2) is 9.78 Å². The number of hydrogen-bond donors (Lipinski definition) is 1. The van der Waals surface area contributed by atoms with Gasteiger partial charge in [-0.2, -0.15) is 0 Å². The topological polar surface area (TPSA) is 60.1 Å². The number of nitrogens with zero attached hydrogens (tertiary/aromatic N) is 2. The fourth-order valence-corrected chi connectivity index (χ4v) is 2.18. The van der Waals surface area contributed by atoms with E-state index in [1.54, 1.807) is 22.9 Å². The summed E-state index contributed by atoms with van der Waals surface area (Å²) in [6.45, 7) is 5.70. The van der Waals surface area contributed by atoms with Crippen molar-refractivity contribution >= 4 is 11.2 Å². The molecule has 0 bridgehead atoms. The molecule has 0 saturated heterocycles. The third-order valence-electron chi connectivity index (χ3n) is 2.96. The molecule has 0 radical (unpaired) electrons. The van der Waals surface area contributed by atoms with Crippen LogP contribution in [0.25, 0.3) is 11.2 Å². The third kappa shape index (κ3) is 2.61. The number of nitrogens with one attached hydrogen (secondary N) is 1. The van der Waals surface area contributed by atoms with E-state index in [1.165, 1.54) is 0 Å². The fourth-order valence-electron chi connectivity index (χ4n) is 2.18. The zero-order valence-corrected chi connectivity index (χ0v) is 10.8. The summed E-state index contributed by atoms with van der Waals surface area (Å²) in [4.78, 5) is 16.0. The average molecular weight is 249 g/mol. The molecule has 5 heteroatoms. The van der Waals surface area contributed by atoms with Gasteiger partial charge in [-0.1, -0.05) is 20.3 Å². The summed E-state index contributed by atoms with van der Waals surface area (Å²) in [5, 5.41) is 3.38. The molecule has 2 rings (SSSR count). The van der Waals surface area contributed by atoms with Crippen LogP contribution in [0.1, 0.15) is 26.7 Å². The average Bonchev–Trinajstić information content (AvgIpc) is 2.67. The van der Waals surface area contributed by atoms with Gasteiger partial charge in [0.2, 0.25) is 0 Å². The fraction of sp³-hybridized carbons (Fsp3) is 0.538. The zero-order valence-electron chi connectivity index (χ0n) is 10.8. The summed E-state index contributed by atoms with van der Waals surface area (Å²) in [5.74, 6) is -0.331. The van der Waals surface area contributed by atoms with E-state index in [0.29, 0.717) is 17.8 Å². The molecule has 0 spiro atoms. The van der Waals surface area contributed by atoms with Crippen LogP contribution in [-0.2, 0) is 6.54 Å². The highest BCUT2D eigenvalue weighted by molar-refractivity contribution is 5.67. The monoisotopic (exact) mass is 249 g/mol. The molecule has 0 amide bonds. The first kappa shape index (κ1) is 12.8. The van der Waals surface area contributed by atoms with Crippen LogP contribution >= 0.6 is 0 Å². The second-order valence-corrected chi connectivity index (χ2v) is 4.35. The van der Waals surface area contributed by atoms with Gasteiger partial charge in [-0.15, -0.1) is 0 Å². The van der Waals surface area contributed by atoms with E-state index in [0.717, 1.165) is 19.4 Å². The molecule has 1 unspecified atom stereocenters. The summed E-state index contributed by atoms with van der Waals surface area (Å²) in [6.07, 6.45) is 3.78. The number of hydrogen-bond acceptors (Lipinski definition) is 4. The molecule has 2 aromatic heterocycles. The second-order valence-electron chi connectivity index (χ2n) is 4.35. The standard InChI is InChI=1S/C13H19N3O2/c1-3-6-10(14-4-2)9-16-12-11(18-13(16)17)7-5-8-15-12/h5,7-8,10,14H,3-4,6,9H2,1-2H3. The first-order valence-corrected chi connectivity index (χ1v) is 6.44. The Morgan fingerprint density at radius 2 is 2.33 bits per heavy atom. The summed E-state index contributed by atoms with van der Waals surface area (Å²) in [7, 11) is 0. The summed E-state index contributed by atoms with van der Waals surface area (Å²) in [6, 6.07) is 3.81. The number of fused-ring (bicyclic) bond motifs is 1. The molecule has 0 aliphatic carbocycles. The number of oxazole rings is 1. The summed E-state index contributed by atoms with van der Waals surface area (Å²) < 4.78 is 6.78. The van der Waals surface area contributed by atoms with Crippen LogP contribution in [0, 0.1) is 0 Å². The maximum Gasteiger partial charge on any atom is 0.421 e. The predicted molar refractivity (Wildman–Crippen MR) is 70.6 cm³/mol. The van der Waals surface area contributed by atoms with Crippen molar-refractivity contribution in [2.75, 3.05) is 6.54 Å². The van der Waals surface area contributed by atoms with E-state index < -0.39 is 0 Å². The van der Waals surface area contributed by atoms with E-state index >= 15 is 0 Å². The van der Waals surface area contributed by atoms with Gasteiger partial charge in [-0.3, -0.25) is 4.57 Å². The van der Waals surface area contributed by atoms with Crippen molar-refractivity contribution in [3.8, 4) is 0 Å². The highest BCUT2D eigenvalue weighted by atomic mass is 16.4. The van der Waals surface area contributed by atoms with Crippen molar-refractivity contribution in [3.63, 3.8) is 0 Å². The SMILES string of the molecule is CCCC(Cn1c(=O)oc2cccnc21)NCC. The highest BCUT2D eigenvalue weighted by Gasteiger charge is 2.14. The van der Waals surface area contributed by atoms with Crippen LogP contribution in [0.3, 0.4) is 0 Å². The lowest BCUT2D eigenvalue weighted by atomic mass is 10.1. The van der Waals surface area contributed by atoms with Gasteiger partial charge in [-0.05, 0) is 25.1 Å². The van der Waals surface area contributed by atoms with Crippen molar-refractivity contribution in [2.24, 2.45) is 0 Å². The smallest absolute Gasteiger partial charge is 0.406 e. The lowest BCUT2D eigenvalue weighted by Gasteiger charge is -2.16. The number of likely N-dealkylation sites (N-methyl/N-ethyl adjacent to an activating group) is 1. The molecule has 1 N–H and O–H groups in total. The molecule has 0 aliphatic rings. The van der Waals surface area contributed by atoms with Crippen molar-refractivity contribution in [1.29, 1.82) is 0 Å². The van der Waals surface area contributed by atoms with Crippen LogP contribution in [0.5, 0.6) is 0 Å². The van der Waals surface area contributed by atoms with Crippen LogP contribution < -0.4 is 11.1 Å². The van der Waals surface area contributed by atoms with E-state index in [2.05, 4.69) is 24.1 Å². The van der Waals surface area contributed by atoms with Crippen molar-refractivity contribution < 1.29 is 4.42 Å². The molecular weight excluding hydrogens is 230 g/mol. The number of pyridine rings is 1. The Hall–Kier alpha value is -1.62. The minimum Gasteiger partial charge on any atom is -0.406 e. The first-order chi connectivity index (χ1) is 8.76. The molecule has 0 aromatic carbocycles. The molecule has 2 aromatic rings. The Morgan fingerprint density at radius 1 is 1.50 bits per heavy atom. The number of rotatable bonds is 6. The Labute approximate surface area is 106 Å². The Balaban J connectivity index is 2.29. The molecule has 0 aliphatic heterocycles. The van der Waals surface area contributed by atoms with E-state index in [9.17, 15) is 4.79 Å². The van der Waals surface area contributed by atoms with Crippen LogP contribution in [-0.4, -0.2) is 22.1 Å². The van der Waals surface area contributed by atoms with Gasteiger partial charge in [0.25, 0.3) is 0 Å². The highest BCUT2D eigenvalue weighted by Crippen LogP contribution is 2.10. The minimum atomic E-state index is -0.331. The van der Waals surface area contributed by atoms with Gasteiger partial charge < -0.3 is 9.73 Å². The van der Waals surface area contributed by atoms with Crippen molar-refractivity contribution in [1.82, 2.24) is 14.9 Å². The summed E-state index contributed by atoms with van der Waals surface area (Å²) in [5.41, 5.74) is 1.18. The predicted octanol–water partition coefficient (Wildman–Crippen LogP) is 1.77. The largest absolute Gasteiger partial charge is 0.421 e. The Morgan fingerprint density at radius 3 is 3.06 bits per heavy atom. The van der Waals surface area contributed by atoms with Gasteiger partial charge in [0.05, 0.1) is 0 Å². The van der Waals surface area contributed by atoms with Gasteiger partial charge in [0.15, 0.2) is 11.2 Å². The zero-order chi connectivity index (χ0) is 13.0. The lowest BCUT2D eigenvalue weighted by molar-refractivity contribution is 0.406. The quantitative estimate of drug-likeness (QED) is 0.847. The van der Waals surface area contributed by atoms with Gasteiger partial charge in [0.1, 0.15) is 0 Å². The van der Waals surface area contributed by atoms with Gasteiger partial charge >= 0.3 is 5.76 Å². The van der Waals surface area contributed by atoms with E-state index in [-0.39, 0.29) is 11.8 Å². The Bertz CT molecular complexity index is 553. The molecule has 1 atom stereocenters. The van der Waals surface area contributed by atoms with Crippen LogP contribution in [0.2, 0.25) is 0 Å². The molecular formula is C13H19N3O2. The maximum absolute atomic E-state index is 11.8.